The summed E-state index contributed by atoms with van der Waals surface area (Å²) in [5, 5.41) is 0. The van der Waals surface area contributed by atoms with Gasteiger partial charge in [-0.3, -0.25) is 4.90 Å². The molecule has 0 aromatic heterocycles. The fourth-order valence-electron chi connectivity index (χ4n) is 3.02. The van der Waals surface area contributed by atoms with Crippen molar-refractivity contribution in [3.05, 3.63) is 33.8 Å². The molecule has 1 aliphatic heterocycles. The molecule has 2 unspecified atom stereocenters. The summed E-state index contributed by atoms with van der Waals surface area (Å²) in [5.41, 5.74) is 8.51. The van der Waals surface area contributed by atoms with Crippen LogP contribution >= 0.6 is 15.9 Å². The Bertz CT molecular complexity index is 461. The molecular formula is C15H21BrN2O. The van der Waals surface area contributed by atoms with E-state index in [0.29, 0.717) is 12.6 Å². The van der Waals surface area contributed by atoms with Gasteiger partial charge in [-0.25, -0.2) is 0 Å². The molecule has 0 amide bonds. The maximum atomic E-state index is 5.93. The van der Waals surface area contributed by atoms with E-state index in [1.54, 1.807) is 0 Å². The van der Waals surface area contributed by atoms with E-state index in [2.05, 4.69) is 46.0 Å². The molecule has 2 N–H and O–H groups in total. The number of ether oxygens (including phenoxy) is 1. The second kappa shape index (κ2) is 5.52. The number of nitrogens with zero attached hydrogens (tertiary/aromatic N) is 1. The molecule has 104 valence electrons. The van der Waals surface area contributed by atoms with Crippen LogP contribution in [0.3, 0.4) is 0 Å². The van der Waals surface area contributed by atoms with Crippen LogP contribution in [0.25, 0.3) is 0 Å². The average molecular weight is 325 g/mol. The molecule has 1 aliphatic carbocycles. The minimum Gasteiger partial charge on any atom is -0.374 e. The minimum absolute atomic E-state index is 0.105. The molecule has 2 atom stereocenters. The van der Waals surface area contributed by atoms with Crippen molar-refractivity contribution in [1.29, 1.82) is 0 Å². The van der Waals surface area contributed by atoms with E-state index in [0.717, 1.165) is 19.2 Å². The summed E-state index contributed by atoms with van der Waals surface area (Å²) in [6.45, 7) is 4.52. The molecule has 2 aliphatic rings. The van der Waals surface area contributed by atoms with Gasteiger partial charge < -0.3 is 10.5 Å². The third kappa shape index (κ3) is 2.72. The maximum Gasteiger partial charge on any atom is 0.0894 e. The van der Waals surface area contributed by atoms with Gasteiger partial charge in [0.05, 0.1) is 18.8 Å². The SMILES string of the molecule is Cc1ccc(C2C(CN)OCCN2C2CC2)c(Br)c1. The van der Waals surface area contributed by atoms with Crippen molar-refractivity contribution in [2.45, 2.75) is 38.0 Å². The maximum absolute atomic E-state index is 5.93. The lowest BCUT2D eigenvalue weighted by molar-refractivity contribution is -0.0714. The normalized spacial score (nSPS) is 28.6. The molecule has 0 radical (unpaired) electrons. The first-order valence-corrected chi connectivity index (χ1v) is 7.83. The van der Waals surface area contributed by atoms with Crippen molar-refractivity contribution >= 4 is 15.9 Å². The number of hydrogen-bond acceptors (Lipinski definition) is 3. The van der Waals surface area contributed by atoms with Gasteiger partial charge in [0, 0.05) is 23.6 Å². The van der Waals surface area contributed by atoms with E-state index in [9.17, 15) is 0 Å². The van der Waals surface area contributed by atoms with E-state index in [-0.39, 0.29) is 6.10 Å². The van der Waals surface area contributed by atoms with Crippen molar-refractivity contribution < 1.29 is 4.74 Å². The number of aryl methyl sites for hydroxylation is 1. The lowest BCUT2D eigenvalue weighted by atomic mass is 9.97. The van der Waals surface area contributed by atoms with E-state index >= 15 is 0 Å². The Morgan fingerprint density at radius 3 is 2.84 bits per heavy atom. The fraction of sp³-hybridized carbons (Fsp3) is 0.600. The van der Waals surface area contributed by atoms with Gasteiger partial charge in [0.2, 0.25) is 0 Å². The van der Waals surface area contributed by atoms with Crippen LogP contribution in [-0.4, -0.2) is 36.7 Å². The summed E-state index contributed by atoms with van der Waals surface area (Å²) in [4.78, 5) is 2.59. The zero-order valence-electron chi connectivity index (χ0n) is 11.3. The Balaban J connectivity index is 1.95. The van der Waals surface area contributed by atoms with Gasteiger partial charge in [-0.2, -0.15) is 0 Å². The standard InChI is InChI=1S/C15H21BrN2O/c1-10-2-5-12(13(16)8-10)15-14(9-17)19-7-6-18(15)11-3-4-11/h2,5,8,11,14-15H,3-4,6-7,9,17H2,1H3. The summed E-state index contributed by atoms with van der Waals surface area (Å²) in [6.07, 6.45) is 2.74. The van der Waals surface area contributed by atoms with Crippen molar-refractivity contribution in [2.24, 2.45) is 5.73 Å². The highest BCUT2D eigenvalue weighted by atomic mass is 79.9. The zero-order chi connectivity index (χ0) is 13.4. The summed E-state index contributed by atoms with van der Waals surface area (Å²) in [5.74, 6) is 0. The van der Waals surface area contributed by atoms with Gasteiger partial charge in [-0.05, 0) is 37.0 Å². The second-order valence-electron chi connectivity index (χ2n) is 5.58. The van der Waals surface area contributed by atoms with Gasteiger partial charge in [0.1, 0.15) is 0 Å². The Kier molecular flexibility index (Phi) is 3.94. The predicted molar refractivity (Wildman–Crippen MR) is 80.1 cm³/mol. The Labute approximate surface area is 123 Å². The molecule has 1 aromatic carbocycles. The van der Waals surface area contributed by atoms with Crippen molar-refractivity contribution in [3.63, 3.8) is 0 Å². The van der Waals surface area contributed by atoms with E-state index < -0.39 is 0 Å². The van der Waals surface area contributed by atoms with Crippen LogP contribution in [0.1, 0.15) is 30.0 Å². The highest BCUT2D eigenvalue weighted by Gasteiger charge is 2.41. The monoisotopic (exact) mass is 324 g/mol. The molecule has 4 heteroatoms. The van der Waals surface area contributed by atoms with Crippen LogP contribution in [-0.2, 0) is 4.74 Å². The number of nitrogens with two attached hydrogens (primary N) is 1. The minimum atomic E-state index is 0.105. The number of morpholine rings is 1. The first kappa shape index (κ1) is 13.6. The van der Waals surface area contributed by atoms with Gasteiger partial charge >= 0.3 is 0 Å². The van der Waals surface area contributed by atoms with Crippen LogP contribution in [0, 0.1) is 6.92 Å². The molecule has 0 spiro atoms. The summed E-state index contributed by atoms with van der Waals surface area (Å²) in [7, 11) is 0. The highest BCUT2D eigenvalue weighted by Crippen LogP contribution is 2.40. The van der Waals surface area contributed by atoms with Gasteiger partial charge in [0.15, 0.2) is 0 Å². The van der Waals surface area contributed by atoms with Crippen LogP contribution in [0.2, 0.25) is 0 Å². The smallest absolute Gasteiger partial charge is 0.0894 e. The first-order chi connectivity index (χ1) is 9.20. The van der Waals surface area contributed by atoms with E-state index in [1.165, 1.54) is 28.4 Å². The topological polar surface area (TPSA) is 38.5 Å². The quantitative estimate of drug-likeness (QED) is 0.928. The molecule has 19 heavy (non-hydrogen) atoms. The summed E-state index contributed by atoms with van der Waals surface area (Å²) in [6, 6.07) is 7.60. The average Bonchev–Trinajstić information content (AvgIpc) is 3.22. The number of hydrogen-bond donors (Lipinski definition) is 1. The van der Waals surface area contributed by atoms with Crippen LogP contribution in [0.5, 0.6) is 0 Å². The van der Waals surface area contributed by atoms with Gasteiger partial charge in [-0.1, -0.05) is 28.1 Å². The van der Waals surface area contributed by atoms with Crippen molar-refractivity contribution in [2.75, 3.05) is 19.7 Å². The zero-order valence-corrected chi connectivity index (χ0v) is 12.9. The number of halogens is 1. The third-order valence-electron chi connectivity index (χ3n) is 4.11. The molecule has 1 saturated heterocycles. The van der Waals surface area contributed by atoms with Crippen LogP contribution in [0.4, 0.5) is 0 Å². The number of benzene rings is 1. The molecule has 0 bridgehead atoms. The molecule has 2 fully saturated rings. The number of rotatable bonds is 3. The van der Waals surface area contributed by atoms with Crippen molar-refractivity contribution in [1.82, 2.24) is 4.90 Å². The van der Waals surface area contributed by atoms with Gasteiger partial charge in [-0.15, -0.1) is 0 Å². The fourth-order valence-corrected chi connectivity index (χ4v) is 3.74. The molecule has 3 nitrogen and oxygen atoms in total. The largest absolute Gasteiger partial charge is 0.374 e. The first-order valence-electron chi connectivity index (χ1n) is 7.04. The van der Waals surface area contributed by atoms with Crippen LogP contribution in [0.15, 0.2) is 22.7 Å². The lowest BCUT2D eigenvalue weighted by Gasteiger charge is -2.41. The molecule has 1 heterocycles. The lowest BCUT2D eigenvalue weighted by Crippen LogP contribution is -2.49. The second-order valence-corrected chi connectivity index (χ2v) is 6.44. The molecular weight excluding hydrogens is 304 g/mol. The van der Waals surface area contributed by atoms with Crippen molar-refractivity contribution in [3.8, 4) is 0 Å². The summed E-state index contributed by atoms with van der Waals surface area (Å²) < 4.78 is 7.07. The predicted octanol–water partition coefficient (Wildman–Crippen LogP) is 2.62. The van der Waals surface area contributed by atoms with E-state index in [1.807, 2.05) is 0 Å². The van der Waals surface area contributed by atoms with Crippen LogP contribution < -0.4 is 5.73 Å². The Morgan fingerprint density at radius 1 is 1.42 bits per heavy atom. The molecule has 1 aromatic rings. The Morgan fingerprint density at radius 2 is 2.21 bits per heavy atom. The van der Waals surface area contributed by atoms with E-state index in [4.69, 9.17) is 10.5 Å². The highest BCUT2D eigenvalue weighted by molar-refractivity contribution is 9.10. The molecule has 1 saturated carbocycles. The molecule has 3 rings (SSSR count). The third-order valence-corrected chi connectivity index (χ3v) is 4.80. The van der Waals surface area contributed by atoms with Gasteiger partial charge in [0.25, 0.3) is 0 Å². The summed E-state index contributed by atoms with van der Waals surface area (Å²) >= 11 is 3.71. The Hall–Kier alpha value is -0.420.